The fourth-order valence-corrected chi connectivity index (χ4v) is 7.05. The minimum atomic E-state index is -3.37. The lowest BCUT2D eigenvalue weighted by molar-refractivity contribution is 0.414. The molecule has 1 aromatic rings. The van der Waals surface area contributed by atoms with Gasteiger partial charge >= 0.3 is 0 Å². The van der Waals surface area contributed by atoms with Crippen LogP contribution in [0.5, 0.6) is 0 Å². The number of hydrogen-bond donors (Lipinski definition) is 0. The Morgan fingerprint density at radius 2 is 1.91 bits per heavy atom. The molecule has 0 fully saturated rings. The third kappa shape index (κ3) is 3.86. The van der Waals surface area contributed by atoms with E-state index in [-0.39, 0.29) is 12.3 Å². The van der Waals surface area contributed by atoms with E-state index in [1.807, 2.05) is 30.3 Å². The van der Waals surface area contributed by atoms with Crippen molar-refractivity contribution in [3.05, 3.63) is 47.5 Å². The summed E-state index contributed by atoms with van der Waals surface area (Å²) in [5.41, 5.74) is 1.37. The SMILES string of the molecule is C[Si](C)(C)CCS(=O)(=O)N1CC=C(C#N)[C@@H]1c1ccccc1. The van der Waals surface area contributed by atoms with Gasteiger partial charge in [-0.3, -0.25) is 0 Å². The highest BCUT2D eigenvalue weighted by Gasteiger charge is 2.37. The molecule has 1 aliphatic rings. The summed E-state index contributed by atoms with van der Waals surface area (Å²) < 4.78 is 26.9. The summed E-state index contributed by atoms with van der Waals surface area (Å²) in [7, 11) is -4.80. The minimum absolute atomic E-state index is 0.165. The van der Waals surface area contributed by atoms with Gasteiger partial charge in [0.05, 0.1) is 17.9 Å². The molecule has 0 aliphatic carbocycles. The van der Waals surface area contributed by atoms with Gasteiger partial charge in [0.25, 0.3) is 0 Å². The maximum absolute atomic E-state index is 12.7. The number of nitrogens with zero attached hydrogens (tertiary/aromatic N) is 2. The summed E-state index contributed by atoms with van der Waals surface area (Å²) in [6, 6.07) is 11.8. The van der Waals surface area contributed by atoms with Crippen LogP contribution in [0.25, 0.3) is 0 Å². The van der Waals surface area contributed by atoms with E-state index in [1.54, 1.807) is 6.08 Å². The van der Waals surface area contributed by atoms with E-state index in [4.69, 9.17) is 0 Å². The van der Waals surface area contributed by atoms with Crippen LogP contribution in [-0.4, -0.2) is 33.1 Å². The van der Waals surface area contributed by atoms with Crippen molar-refractivity contribution in [2.45, 2.75) is 31.7 Å². The van der Waals surface area contributed by atoms with Gasteiger partial charge in [-0.1, -0.05) is 56.0 Å². The second kappa shape index (κ2) is 6.37. The average Bonchev–Trinajstić information content (AvgIpc) is 2.90. The molecule has 118 valence electrons. The lowest BCUT2D eigenvalue weighted by Crippen LogP contribution is -2.36. The molecule has 1 heterocycles. The van der Waals surface area contributed by atoms with Crippen LogP contribution in [0.2, 0.25) is 25.7 Å². The van der Waals surface area contributed by atoms with Crippen LogP contribution in [0, 0.1) is 11.3 Å². The zero-order chi connectivity index (χ0) is 16.4. The molecule has 0 amide bonds. The fourth-order valence-electron chi connectivity index (χ4n) is 2.48. The Morgan fingerprint density at radius 3 is 2.45 bits per heavy atom. The van der Waals surface area contributed by atoms with Crippen LogP contribution < -0.4 is 0 Å². The lowest BCUT2D eigenvalue weighted by Gasteiger charge is -2.26. The molecule has 1 aliphatic heterocycles. The average molecular weight is 335 g/mol. The van der Waals surface area contributed by atoms with Gasteiger partial charge in [-0.15, -0.1) is 0 Å². The monoisotopic (exact) mass is 334 g/mol. The van der Waals surface area contributed by atoms with E-state index in [0.29, 0.717) is 5.57 Å². The maximum atomic E-state index is 12.7. The molecule has 0 unspecified atom stereocenters. The molecule has 0 saturated heterocycles. The van der Waals surface area contributed by atoms with Crippen LogP contribution >= 0.6 is 0 Å². The van der Waals surface area contributed by atoms with E-state index in [0.717, 1.165) is 11.6 Å². The third-order valence-electron chi connectivity index (χ3n) is 3.79. The maximum Gasteiger partial charge on any atom is 0.215 e. The van der Waals surface area contributed by atoms with Gasteiger partial charge in [0.2, 0.25) is 10.0 Å². The summed E-state index contributed by atoms with van der Waals surface area (Å²) >= 11 is 0. The molecule has 4 nitrogen and oxygen atoms in total. The second-order valence-corrected chi connectivity index (χ2v) is 14.4. The van der Waals surface area contributed by atoms with E-state index in [2.05, 4.69) is 25.7 Å². The quantitative estimate of drug-likeness (QED) is 0.777. The predicted molar refractivity (Wildman–Crippen MR) is 91.5 cm³/mol. The Bertz CT molecular complexity index is 700. The molecular formula is C16H22N2O2SSi. The summed E-state index contributed by atoms with van der Waals surface area (Å²) in [6.07, 6.45) is 1.73. The Hall–Kier alpha value is -1.42. The Labute approximate surface area is 134 Å². The summed E-state index contributed by atoms with van der Waals surface area (Å²) in [5.74, 6) is 0.165. The van der Waals surface area contributed by atoms with Crippen molar-refractivity contribution >= 4 is 18.1 Å². The van der Waals surface area contributed by atoms with Gasteiger partial charge in [0.1, 0.15) is 0 Å². The van der Waals surface area contributed by atoms with Crippen molar-refractivity contribution in [1.82, 2.24) is 4.31 Å². The molecule has 2 rings (SSSR count). The summed E-state index contributed by atoms with van der Waals surface area (Å²) in [4.78, 5) is 0. The molecule has 0 spiro atoms. The Morgan fingerprint density at radius 1 is 1.27 bits per heavy atom. The Kier molecular flexibility index (Phi) is 4.90. The van der Waals surface area contributed by atoms with Crippen molar-refractivity contribution in [3.63, 3.8) is 0 Å². The zero-order valence-electron chi connectivity index (χ0n) is 13.3. The van der Waals surface area contributed by atoms with Gasteiger partial charge in [0, 0.05) is 20.2 Å². The minimum Gasteiger partial charge on any atom is -0.212 e. The van der Waals surface area contributed by atoms with Gasteiger partial charge in [-0.05, 0) is 11.6 Å². The molecule has 0 bridgehead atoms. The van der Waals surface area contributed by atoms with Crippen molar-refractivity contribution in [2.24, 2.45) is 0 Å². The molecule has 0 saturated carbocycles. The number of nitriles is 1. The lowest BCUT2D eigenvalue weighted by atomic mass is 10.0. The van der Waals surface area contributed by atoms with Crippen molar-refractivity contribution in [1.29, 1.82) is 5.26 Å². The summed E-state index contributed by atoms with van der Waals surface area (Å²) in [6.45, 7) is 6.79. The largest absolute Gasteiger partial charge is 0.215 e. The second-order valence-electron chi connectivity index (χ2n) is 6.78. The van der Waals surface area contributed by atoms with Gasteiger partial charge in [-0.2, -0.15) is 9.57 Å². The molecular weight excluding hydrogens is 312 g/mol. The first-order chi connectivity index (χ1) is 10.2. The van der Waals surface area contributed by atoms with Crippen LogP contribution in [0.3, 0.4) is 0 Å². The van der Waals surface area contributed by atoms with Gasteiger partial charge < -0.3 is 0 Å². The number of rotatable bonds is 5. The number of benzene rings is 1. The highest BCUT2D eigenvalue weighted by molar-refractivity contribution is 7.89. The smallest absolute Gasteiger partial charge is 0.212 e. The molecule has 1 aromatic carbocycles. The van der Waals surface area contributed by atoms with Crippen LogP contribution in [0.4, 0.5) is 0 Å². The molecule has 1 atom stereocenters. The zero-order valence-corrected chi connectivity index (χ0v) is 15.1. The first kappa shape index (κ1) is 16.9. The highest BCUT2D eigenvalue weighted by atomic mass is 32.2. The third-order valence-corrected chi connectivity index (χ3v) is 7.69. The summed E-state index contributed by atoms with van der Waals surface area (Å²) in [5, 5.41) is 9.31. The molecule has 22 heavy (non-hydrogen) atoms. The van der Waals surface area contributed by atoms with E-state index in [1.165, 1.54) is 4.31 Å². The normalized spacial score (nSPS) is 19.7. The van der Waals surface area contributed by atoms with Crippen molar-refractivity contribution < 1.29 is 8.42 Å². The molecule has 0 radical (unpaired) electrons. The first-order valence-corrected chi connectivity index (χ1v) is 12.7. The predicted octanol–water partition coefficient (Wildman–Crippen LogP) is 3.16. The van der Waals surface area contributed by atoms with Crippen LogP contribution in [-0.2, 0) is 10.0 Å². The van der Waals surface area contributed by atoms with Crippen molar-refractivity contribution in [3.8, 4) is 6.07 Å². The highest BCUT2D eigenvalue weighted by Crippen LogP contribution is 2.35. The topological polar surface area (TPSA) is 61.2 Å². The fraction of sp³-hybridized carbons (Fsp3) is 0.438. The first-order valence-electron chi connectivity index (χ1n) is 7.39. The van der Waals surface area contributed by atoms with Gasteiger partial charge in [0.15, 0.2) is 0 Å². The van der Waals surface area contributed by atoms with Crippen LogP contribution in [0.1, 0.15) is 11.6 Å². The standard InChI is InChI=1S/C16H22N2O2SSi/c1-22(2,3)12-11-21(19,20)18-10-9-15(13-17)16(18)14-7-5-4-6-8-14/h4-9,16H,10-12H2,1-3H3/t16-/m0/s1. The molecule has 0 aromatic heterocycles. The van der Waals surface area contributed by atoms with E-state index >= 15 is 0 Å². The molecule has 6 heteroatoms. The molecule has 0 N–H and O–H groups in total. The van der Waals surface area contributed by atoms with E-state index < -0.39 is 24.1 Å². The van der Waals surface area contributed by atoms with Gasteiger partial charge in [-0.25, -0.2) is 8.42 Å². The number of hydrogen-bond acceptors (Lipinski definition) is 3. The number of sulfonamides is 1. The van der Waals surface area contributed by atoms with Crippen LogP contribution in [0.15, 0.2) is 42.0 Å². The Balaban J connectivity index is 2.29. The van der Waals surface area contributed by atoms with Crippen molar-refractivity contribution in [2.75, 3.05) is 12.3 Å². The van der Waals surface area contributed by atoms with E-state index in [9.17, 15) is 13.7 Å².